The van der Waals surface area contributed by atoms with Crippen molar-refractivity contribution in [3.05, 3.63) is 24.0 Å². The summed E-state index contributed by atoms with van der Waals surface area (Å²) in [6.07, 6.45) is 3.39. The van der Waals surface area contributed by atoms with Gasteiger partial charge in [-0.15, -0.1) is 0 Å². The lowest BCUT2D eigenvalue weighted by Gasteiger charge is -2.37. The smallest absolute Gasteiger partial charge is 0.0388 e. The summed E-state index contributed by atoms with van der Waals surface area (Å²) in [6.45, 7) is 10.6. The Bertz CT molecular complexity index is 337. The fraction of sp³-hybridized carbons (Fsp3) is 0.714. The minimum Gasteiger partial charge on any atom is -0.353 e. The molecule has 0 amide bonds. The molecule has 0 aromatic carbocycles. The van der Waals surface area contributed by atoms with Gasteiger partial charge in [-0.1, -0.05) is 6.92 Å². The molecule has 1 aromatic heterocycles. The Balaban J connectivity index is 1.81. The monoisotopic (exact) mass is 235 g/mol. The second-order valence-electron chi connectivity index (χ2n) is 5.18. The molecule has 1 aromatic rings. The second kappa shape index (κ2) is 5.69. The molecule has 1 aliphatic heterocycles. The van der Waals surface area contributed by atoms with E-state index in [1.165, 1.54) is 38.3 Å². The van der Waals surface area contributed by atoms with Crippen molar-refractivity contribution >= 4 is 0 Å². The predicted octanol–water partition coefficient (Wildman–Crippen LogP) is 1.94. The molecule has 96 valence electrons. The quantitative estimate of drug-likeness (QED) is 0.790. The standard InChI is InChI=1S/C14H25N3/c1-4-13(2)17-10-8-16(9-11-17)12-14-6-5-7-15(14)3/h5-7,13H,4,8-12H2,1-3H3/t13-/m0/s1. The van der Waals surface area contributed by atoms with Crippen LogP contribution in [-0.4, -0.2) is 46.6 Å². The SMILES string of the molecule is CC[C@H](C)N1CCN(Cc2cccn2C)CC1. The summed E-state index contributed by atoms with van der Waals surface area (Å²) < 4.78 is 2.22. The number of hydrogen-bond acceptors (Lipinski definition) is 2. The van der Waals surface area contributed by atoms with Gasteiger partial charge >= 0.3 is 0 Å². The van der Waals surface area contributed by atoms with Gasteiger partial charge in [-0.25, -0.2) is 0 Å². The Morgan fingerprint density at radius 1 is 1.24 bits per heavy atom. The topological polar surface area (TPSA) is 11.4 Å². The largest absolute Gasteiger partial charge is 0.353 e. The van der Waals surface area contributed by atoms with Crippen molar-refractivity contribution < 1.29 is 0 Å². The molecule has 0 unspecified atom stereocenters. The lowest BCUT2D eigenvalue weighted by Crippen LogP contribution is -2.49. The van der Waals surface area contributed by atoms with E-state index in [0.717, 1.165) is 12.6 Å². The van der Waals surface area contributed by atoms with Crippen LogP contribution in [0.25, 0.3) is 0 Å². The summed E-state index contributed by atoms with van der Waals surface area (Å²) in [5, 5.41) is 0. The molecule has 0 saturated carbocycles. The minimum absolute atomic E-state index is 0.743. The van der Waals surface area contributed by atoms with Gasteiger partial charge in [0.05, 0.1) is 0 Å². The molecule has 0 aliphatic carbocycles. The zero-order chi connectivity index (χ0) is 12.3. The van der Waals surface area contributed by atoms with Crippen LogP contribution >= 0.6 is 0 Å². The molecule has 0 bridgehead atoms. The van der Waals surface area contributed by atoms with Crippen molar-refractivity contribution in [3.63, 3.8) is 0 Å². The van der Waals surface area contributed by atoms with E-state index >= 15 is 0 Å². The summed E-state index contributed by atoms with van der Waals surface area (Å²) in [5.41, 5.74) is 1.42. The Hall–Kier alpha value is -0.800. The van der Waals surface area contributed by atoms with Gasteiger partial charge in [0, 0.05) is 57.7 Å². The van der Waals surface area contributed by atoms with E-state index in [1.807, 2.05) is 0 Å². The highest BCUT2D eigenvalue weighted by atomic mass is 15.3. The van der Waals surface area contributed by atoms with Crippen LogP contribution in [0.15, 0.2) is 18.3 Å². The third-order valence-electron chi connectivity index (χ3n) is 4.06. The van der Waals surface area contributed by atoms with Crippen LogP contribution in [0.5, 0.6) is 0 Å². The van der Waals surface area contributed by atoms with Gasteiger partial charge in [-0.3, -0.25) is 9.80 Å². The highest BCUT2D eigenvalue weighted by Crippen LogP contribution is 2.11. The highest BCUT2D eigenvalue weighted by molar-refractivity contribution is 5.06. The van der Waals surface area contributed by atoms with E-state index in [-0.39, 0.29) is 0 Å². The summed E-state index contributed by atoms with van der Waals surface area (Å²) in [4.78, 5) is 5.18. The molecule has 3 heteroatoms. The Kier molecular flexibility index (Phi) is 4.24. The second-order valence-corrected chi connectivity index (χ2v) is 5.18. The van der Waals surface area contributed by atoms with Crippen LogP contribution in [-0.2, 0) is 13.6 Å². The summed E-state index contributed by atoms with van der Waals surface area (Å²) >= 11 is 0. The first-order valence-electron chi connectivity index (χ1n) is 6.77. The molecule has 1 aliphatic rings. The van der Waals surface area contributed by atoms with E-state index in [4.69, 9.17) is 0 Å². The van der Waals surface area contributed by atoms with Gasteiger partial charge < -0.3 is 4.57 Å². The van der Waals surface area contributed by atoms with E-state index in [2.05, 4.69) is 53.6 Å². The van der Waals surface area contributed by atoms with Crippen LogP contribution < -0.4 is 0 Å². The van der Waals surface area contributed by atoms with Gasteiger partial charge in [0.25, 0.3) is 0 Å². The van der Waals surface area contributed by atoms with Gasteiger partial charge in [-0.05, 0) is 25.5 Å². The minimum atomic E-state index is 0.743. The number of rotatable bonds is 4. The molecule has 1 fully saturated rings. The Morgan fingerprint density at radius 2 is 1.94 bits per heavy atom. The molecule has 17 heavy (non-hydrogen) atoms. The molecular formula is C14H25N3. The van der Waals surface area contributed by atoms with E-state index < -0.39 is 0 Å². The molecule has 2 rings (SSSR count). The Labute approximate surface area is 105 Å². The van der Waals surface area contributed by atoms with Crippen molar-refractivity contribution in [2.24, 2.45) is 7.05 Å². The summed E-state index contributed by atoms with van der Waals surface area (Å²) in [7, 11) is 2.13. The molecule has 1 saturated heterocycles. The first-order valence-corrected chi connectivity index (χ1v) is 6.77. The molecule has 0 N–H and O–H groups in total. The van der Waals surface area contributed by atoms with Crippen LogP contribution in [0.3, 0.4) is 0 Å². The maximum absolute atomic E-state index is 2.61. The fourth-order valence-corrected chi connectivity index (χ4v) is 2.51. The van der Waals surface area contributed by atoms with E-state index in [1.54, 1.807) is 0 Å². The zero-order valence-electron chi connectivity index (χ0n) is 11.4. The van der Waals surface area contributed by atoms with Gasteiger partial charge in [0.2, 0.25) is 0 Å². The van der Waals surface area contributed by atoms with Gasteiger partial charge in [-0.2, -0.15) is 0 Å². The van der Waals surface area contributed by atoms with Crippen molar-refractivity contribution in [2.45, 2.75) is 32.9 Å². The fourth-order valence-electron chi connectivity index (χ4n) is 2.51. The van der Waals surface area contributed by atoms with Crippen molar-refractivity contribution in [1.29, 1.82) is 0 Å². The molecule has 0 spiro atoms. The van der Waals surface area contributed by atoms with Crippen LogP contribution in [0.4, 0.5) is 0 Å². The number of piperazine rings is 1. The van der Waals surface area contributed by atoms with Gasteiger partial charge in [0.15, 0.2) is 0 Å². The van der Waals surface area contributed by atoms with Crippen LogP contribution in [0.1, 0.15) is 26.0 Å². The van der Waals surface area contributed by atoms with Gasteiger partial charge in [0.1, 0.15) is 0 Å². The third kappa shape index (κ3) is 3.11. The first kappa shape index (κ1) is 12.7. The number of aromatic nitrogens is 1. The molecule has 3 nitrogen and oxygen atoms in total. The summed E-state index contributed by atoms with van der Waals surface area (Å²) in [5.74, 6) is 0. The van der Waals surface area contributed by atoms with E-state index in [9.17, 15) is 0 Å². The Morgan fingerprint density at radius 3 is 2.47 bits per heavy atom. The van der Waals surface area contributed by atoms with Crippen molar-refractivity contribution in [1.82, 2.24) is 14.4 Å². The van der Waals surface area contributed by atoms with E-state index in [0.29, 0.717) is 0 Å². The average molecular weight is 235 g/mol. The normalized spacial score (nSPS) is 20.6. The number of aryl methyl sites for hydroxylation is 1. The predicted molar refractivity (Wildman–Crippen MR) is 72.0 cm³/mol. The maximum atomic E-state index is 2.61. The van der Waals surface area contributed by atoms with Crippen molar-refractivity contribution in [2.75, 3.05) is 26.2 Å². The first-order chi connectivity index (χ1) is 8.20. The maximum Gasteiger partial charge on any atom is 0.0388 e. The summed E-state index contributed by atoms with van der Waals surface area (Å²) in [6, 6.07) is 5.10. The highest BCUT2D eigenvalue weighted by Gasteiger charge is 2.20. The average Bonchev–Trinajstić information content (AvgIpc) is 2.75. The van der Waals surface area contributed by atoms with Crippen LogP contribution in [0, 0.1) is 0 Å². The van der Waals surface area contributed by atoms with Crippen LogP contribution in [0.2, 0.25) is 0 Å². The molecule has 1 atom stereocenters. The molecular weight excluding hydrogens is 210 g/mol. The third-order valence-corrected chi connectivity index (χ3v) is 4.06. The number of hydrogen-bond donors (Lipinski definition) is 0. The lowest BCUT2D eigenvalue weighted by atomic mass is 10.2. The molecule has 2 heterocycles. The van der Waals surface area contributed by atoms with Crippen molar-refractivity contribution in [3.8, 4) is 0 Å². The number of nitrogens with zero attached hydrogens (tertiary/aromatic N) is 3. The lowest BCUT2D eigenvalue weighted by molar-refractivity contribution is 0.0951. The molecule has 0 radical (unpaired) electrons. The zero-order valence-corrected chi connectivity index (χ0v) is 11.4.